The van der Waals surface area contributed by atoms with E-state index in [4.69, 9.17) is 4.42 Å². The number of aryl methyl sites for hydroxylation is 1. The maximum Gasteiger partial charge on any atom is 0.142 e. The Hall–Kier alpha value is -6.20. The number of allylic oxidation sites excluding steroid dienone is 4. The highest BCUT2D eigenvalue weighted by molar-refractivity contribution is 6.11. The number of nitrogens with one attached hydrogen (secondary N) is 2. The Morgan fingerprint density at radius 1 is 0.571 bits per heavy atom. The van der Waals surface area contributed by atoms with Gasteiger partial charge in [-0.15, -0.1) is 0 Å². The van der Waals surface area contributed by atoms with Crippen molar-refractivity contribution in [3.63, 3.8) is 0 Å². The Bertz CT molecular complexity index is 2850. The van der Waals surface area contributed by atoms with Gasteiger partial charge in [0.25, 0.3) is 0 Å². The molecular formula is C52H43N3O. The molecule has 0 radical (unpaired) electrons. The molecule has 2 N–H and O–H groups in total. The van der Waals surface area contributed by atoms with Crippen LogP contribution in [0.5, 0.6) is 0 Å². The minimum Gasteiger partial charge on any atom is -0.460 e. The number of benzene rings is 6. The number of para-hydroxylation sites is 3. The van der Waals surface area contributed by atoms with Gasteiger partial charge in [-0.25, -0.2) is 0 Å². The SMILES string of the molecule is C1=CCCC(C2CC(c3ccccc3)NC(c3ccc(-c4ccc5c(c4)c4ccccc4n5-c4ccccc4-c4cccc5c6c(oc45)CCC=C6)cc3)N2)=C1. The number of hydrogen-bond donors (Lipinski definition) is 2. The van der Waals surface area contributed by atoms with Crippen molar-refractivity contribution in [1.82, 2.24) is 15.2 Å². The van der Waals surface area contributed by atoms with Crippen molar-refractivity contribution >= 4 is 38.9 Å². The van der Waals surface area contributed by atoms with Crippen LogP contribution in [0.15, 0.2) is 174 Å². The van der Waals surface area contributed by atoms with Gasteiger partial charge in [-0.2, -0.15) is 0 Å². The molecular weight excluding hydrogens is 683 g/mol. The van der Waals surface area contributed by atoms with E-state index in [0.29, 0.717) is 6.04 Å². The fourth-order valence-corrected chi connectivity index (χ4v) is 9.46. The Morgan fingerprint density at radius 3 is 2.21 bits per heavy atom. The molecule has 0 spiro atoms. The molecule has 11 rings (SSSR count). The Morgan fingerprint density at radius 2 is 1.32 bits per heavy atom. The molecule has 8 aromatic rings. The number of furan rings is 1. The third-order valence-corrected chi connectivity index (χ3v) is 12.2. The van der Waals surface area contributed by atoms with Gasteiger partial charge in [-0.3, -0.25) is 10.6 Å². The van der Waals surface area contributed by atoms with Crippen LogP contribution in [0.1, 0.15) is 60.3 Å². The van der Waals surface area contributed by atoms with Gasteiger partial charge >= 0.3 is 0 Å². The zero-order valence-corrected chi connectivity index (χ0v) is 31.3. The highest BCUT2D eigenvalue weighted by atomic mass is 16.3. The molecule has 56 heavy (non-hydrogen) atoms. The molecule has 272 valence electrons. The van der Waals surface area contributed by atoms with E-state index in [1.54, 1.807) is 0 Å². The molecule has 2 aliphatic carbocycles. The number of hydrogen-bond acceptors (Lipinski definition) is 3. The first-order chi connectivity index (χ1) is 27.8. The van der Waals surface area contributed by atoms with E-state index in [-0.39, 0.29) is 12.2 Å². The van der Waals surface area contributed by atoms with Crippen molar-refractivity contribution in [1.29, 1.82) is 0 Å². The molecule has 3 heterocycles. The lowest BCUT2D eigenvalue weighted by molar-refractivity contribution is 0.262. The van der Waals surface area contributed by atoms with Gasteiger partial charge in [0.05, 0.1) is 22.9 Å². The van der Waals surface area contributed by atoms with Crippen molar-refractivity contribution in [2.24, 2.45) is 0 Å². The first-order valence-electron chi connectivity index (χ1n) is 20.1. The van der Waals surface area contributed by atoms with Gasteiger partial charge in [0.1, 0.15) is 11.3 Å². The summed E-state index contributed by atoms with van der Waals surface area (Å²) < 4.78 is 9.06. The van der Waals surface area contributed by atoms with E-state index in [1.165, 1.54) is 60.6 Å². The largest absolute Gasteiger partial charge is 0.460 e. The van der Waals surface area contributed by atoms with Gasteiger partial charge in [0.15, 0.2) is 0 Å². The molecule has 3 unspecified atom stereocenters. The lowest BCUT2D eigenvalue weighted by Crippen LogP contribution is -2.50. The third-order valence-electron chi connectivity index (χ3n) is 12.2. The Kier molecular flexibility index (Phi) is 8.19. The van der Waals surface area contributed by atoms with Gasteiger partial charge in [-0.05, 0) is 72.2 Å². The van der Waals surface area contributed by atoms with E-state index in [1.807, 2.05) is 0 Å². The number of nitrogens with zero attached hydrogens (tertiary/aromatic N) is 1. The van der Waals surface area contributed by atoms with E-state index in [9.17, 15) is 0 Å². The van der Waals surface area contributed by atoms with Crippen LogP contribution in [0.2, 0.25) is 0 Å². The quantitative estimate of drug-likeness (QED) is 0.179. The van der Waals surface area contributed by atoms with Gasteiger partial charge < -0.3 is 8.98 Å². The molecule has 0 bridgehead atoms. The number of rotatable bonds is 6. The third kappa shape index (κ3) is 5.68. The molecule has 6 aromatic carbocycles. The van der Waals surface area contributed by atoms with Crippen molar-refractivity contribution in [2.75, 3.05) is 0 Å². The maximum atomic E-state index is 6.62. The monoisotopic (exact) mass is 725 g/mol. The average Bonchev–Trinajstić information content (AvgIpc) is 3.83. The van der Waals surface area contributed by atoms with Gasteiger partial charge in [-0.1, -0.05) is 151 Å². The molecule has 2 aromatic heterocycles. The first kappa shape index (κ1) is 33.2. The van der Waals surface area contributed by atoms with Crippen LogP contribution >= 0.6 is 0 Å². The van der Waals surface area contributed by atoms with Crippen LogP contribution < -0.4 is 10.6 Å². The summed E-state index contributed by atoms with van der Waals surface area (Å²) in [7, 11) is 0. The van der Waals surface area contributed by atoms with Crippen LogP contribution in [0.25, 0.3) is 66.8 Å². The molecule has 4 nitrogen and oxygen atoms in total. The second-order valence-electron chi connectivity index (χ2n) is 15.5. The van der Waals surface area contributed by atoms with E-state index < -0.39 is 0 Å². The Balaban J connectivity index is 0.962. The summed E-state index contributed by atoms with van der Waals surface area (Å²) in [5.74, 6) is 1.09. The second kappa shape index (κ2) is 13.8. The van der Waals surface area contributed by atoms with Crippen LogP contribution in [0.3, 0.4) is 0 Å². The molecule has 0 saturated carbocycles. The molecule has 4 heteroatoms. The number of fused-ring (bicyclic) bond motifs is 6. The van der Waals surface area contributed by atoms with Crippen LogP contribution in [-0.2, 0) is 6.42 Å². The topological polar surface area (TPSA) is 42.1 Å². The smallest absolute Gasteiger partial charge is 0.142 e. The normalized spacial score (nSPS) is 19.4. The predicted molar refractivity (Wildman–Crippen MR) is 232 cm³/mol. The van der Waals surface area contributed by atoms with Crippen molar-refractivity contribution in [2.45, 2.75) is 50.4 Å². The first-order valence-corrected chi connectivity index (χ1v) is 20.1. The van der Waals surface area contributed by atoms with Crippen molar-refractivity contribution < 1.29 is 4.42 Å². The van der Waals surface area contributed by atoms with E-state index in [0.717, 1.165) is 60.3 Å². The highest BCUT2D eigenvalue weighted by Gasteiger charge is 2.31. The Labute approximate surface area is 327 Å². The van der Waals surface area contributed by atoms with Crippen LogP contribution in [-0.4, -0.2) is 10.6 Å². The molecule has 0 amide bonds. The summed E-state index contributed by atoms with van der Waals surface area (Å²) in [5, 5.41) is 11.6. The standard InChI is InChI=1S/C52H43N3O/c1-3-14-35(15-4-1)45-33-46(36-16-5-2-6-17-36)54-52(53-45)37-28-26-34(27-29-37)38-30-31-49-44(32-38)40-19-8-11-24-48(40)55(49)47-23-10-7-18-39(47)42-21-13-22-43-41-20-9-12-25-50(41)56-51(42)43/h1-5,7-11,13-16,18-24,26-32,45-46,52-54H,6,12,17,25,33H2. The summed E-state index contributed by atoms with van der Waals surface area (Å²) in [6.45, 7) is 0. The van der Waals surface area contributed by atoms with E-state index in [2.05, 4.69) is 185 Å². The lowest BCUT2D eigenvalue weighted by Gasteiger charge is -2.39. The van der Waals surface area contributed by atoms with Crippen LogP contribution in [0, 0.1) is 0 Å². The van der Waals surface area contributed by atoms with E-state index >= 15 is 0 Å². The summed E-state index contributed by atoms with van der Waals surface area (Å²) in [4.78, 5) is 0. The van der Waals surface area contributed by atoms with Gasteiger partial charge in [0, 0.05) is 51.4 Å². The average molecular weight is 726 g/mol. The molecule has 1 fully saturated rings. The summed E-state index contributed by atoms with van der Waals surface area (Å²) in [6, 6.07) is 51.8. The molecule has 1 aliphatic heterocycles. The minimum atomic E-state index is 0.0503. The van der Waals surface area contributed by atoms with Crippen molar-refractivity contribution in [3.05, 3.63) is 192 Å². The minimum absolute atomic E-state index is 0.0503. The van der Waals surface area contributed by atoms with Gasteiger partial charge in [0.2, 0.25) is 0 Å². The molecule has 1 saturated heterocycles. The predicted octanol–water partition coefficient (Wildman–Crippen LogP) is 12.8. The lowest BCUT2D eigenvalue weighted by atomic mass is 9.87. The summed E-state index contributed by atoms with van der Waals surface area (Å²) in [6.07, 6.45) is 16.6. The molecule has 3 aliphatic rings. The highest BCUT2D eigenvalue weighted by Crippen LogP contribution is 2.42. The molecule has 3 atom stereocenters. The zero-order valence-electron chi connectivity index (χ0n) is 31.3. The fourth-order valence-electron chi connectivity index (χ4n) is 9.46. The fraction of sp³-hybridized carbons (Fsp3) is 0.154. The zero-order chi connectivity index (χ0) is 37.0. The maximum absolute atomic E-state index is 6.62. The van der Waals surface area contributed by atoms with Crippen molar-refractivity contribution in [3.8, 4) is 27.9 Å². The number of aromatic nitrogens is 1. The second-order valence-corrected chi connectivity index (χ2v) is 15.5. The summed E-state index contributed by atoms with van der Waals surface area (Å²) >= 11 is 0. The summed E-state index contributed by atoms with van der Waals surface area (Å²) in [5.41, 5.74) is 14.5. The van der Waals surface area contributed by atoms with Crippen LogP contribution in [0.4, 0.5) is 0 Å².